The van der Waals surface area contributed by atoms with E-state index in [4.69, 9.17) is 4.74 Å². The fraction of sp³-hybridized carbons (Fsp3) is 0.150. The molecule has 0 spiro atoms. The van der Waals surface area contributed by atoms with Crippen molar-refractivity contribution in [3.8, 4) is 16.9 Å². The standard InChI is InChI=1S/C20H18FN3O/c1-22-16-4-2-14(3-5-16)15-8-10-24-19-13-17(25-11-9-21)6-7-18(19)23-20(24)12-15/h2-8,10,12-13,22H,9,11H2,1H3. The first-order valence-electron chi connectivity index (χ1n) is 8.17. The number of pyridine rings is 1. The molecule has 0 atom stereocenters. The highest BCUT2D eigenvalue weighted by Crippen LogP contribution is 2.26. The number of ether oxygens (including phenoxy) is 1. The lowest BCUT2D eigenvalue weighted by Gasteiger charge is -2.05. The molecule has 4 nitrogen and oxygen atoms in total. The van der Waals surface area contributed by atoms with Gasteiger partial charge in [0.15, 0.2) is 0 Å². The largest absolute Gasteiger partial charge is 0.491 e. The number of nitrogens with zero attached hydrogens (tertiary/aromatic N) is 2. The highest BCUT2D eigenvalue weighted by Gasteiger charge is 2.08. The fourth-order valence-corrected chi connectivity index (χ4v) is 2.95. The lowest BCUT2D eigenvalue weighted by atomic mass is 10.1. The van der Waals surface area contributed by atoms with Gasteiger partial charge in [0.2, 0.25) is 0 Å². The van der Waals surface area contributed by atoms with E-state index < -0.39 is 6.67 Å². The molecule has 0 aliphatic carbocycles. The van der Waals surface area contributed by atoms with E-state index in [0.717, 1.165) is 33.5 Å². The maximum absolute atomic E-state index is 12.3. The third-order valence-corrected chi connectivity index (χ3v) is 4.23. The van der Waals surface area contributed by atoms with Gasteiger partial charge in [-0.1, -0.05) is 12.1 Å². The molecule has 0 aliphatic rings. The van der Waals surface area contributed by atoms with Crippen LogP contribution in [-0.2, 0) is 0 Å². The first-order chi connectivity index (χ1) is 12.3. The van der Waals surface area contributed by atoms with Crippen LogP contribution in [0.1, 0.15) is 0 Å². The summed E-state index contributed by atoms with van der Waals surface area (Å²) in [5.41, 5.74) is 6.03. The number of fused-ring (bicyclic) bond motifs is 3. The molecule has 2 aromatic heterocycles. The van der Waals surface area contributed by atoms with Crippen LogP contribution in [0.25, 0.3) is 27.8 Å². The van der Waals surface area contributed by atoms with Gasteiger partial charge in [-0.25, -0.2) is 9.37 Å². The van der Waals surface area contributed by atoms with Gasteiger partial charge >= 0.3 is 0 Å². The summed E-state index contributed by atoms with van der Waals surface area (Å²) in [4.78, 5) is 4.68. The van der Waals surface area contributed by atoms with Crippen molar-refractivity contribution >= 4 is 22.4 Å². The Balaban J connectivity index is 1.76. The van der Waals surface area contributed by atoms with E-state index in [2.05, 4.69) is 46.7 Å². The van der Waals surface area contributed by atoms with Crippen molar-refractivity contribution in [3.63, 3.8) is 0 Å². The molecule has 0 aliphatic heterocycles. The summed E-state index contributed by atoms with van der Waals surface area (Å²) in [7, 11) is 1.91. The van der Waals surface area contributed by atoms with Crippen molar-refractivity contribution < 1.29 is 9.13 Å². The summed E-state index contributed by atoms with van der Waals surface area (Å²) in [5, 5.41) is 3.12. The van der Waals surface area contributed by atoms with Crippen molar-refractivity contribution in [1.29, 1.82) is 0 Å². The first kappa shape index (κ1) is 15.4. The molecule has 2 heterocycles. The highest BCUT2D eigenvalue weighted by atomic mass is 19.1. The Morgan fingerprint density at radius 2 is 1.88 bits per heavy atom. The van der Waals surface area contributed by atoms with E-state index in [-0.39, 0.29) is 6.61 Å². The number of benzene rings is 2. The predicted octanol–water partition coefficient (Wildman–Crippen LogP) is 4.54. The second-order valence-corrected chi connectivity index (χ2v) is 5.77. The summed E-state index contributed by atoms with van der Waals surface area (Å²) in [6, 6.07) is 18.0. The molecule has 1 N–H and O–H groups in total. The average molecular weight is 335 g/mol. The van der Waals surface area contributed by atoms with Gasteiger partial charge in [-0.3, -0.25) is 4.40 Å². The van der Waals surface area contributed by atoms with Crippen LogP contribution in [0.2, 0.25) is 0 Å². The van der Waals surface area contributed by atoms with Crippen LogP contribution >= 0.6 is 0 Å². The fourth-order valence-electron chi connectivity index (χ4n) is 2.95. The number of hydrogen-bond acceptors (Lipinski definition) is 3. The van der Waals surface area contributed by atoms with E-state index in [1.165, 1.54) is 0 Å². The number of imidazole rings is 1. The molecular weight excluding hydrogens is 317 g/mol. The smallest absolute Gasteiger partial charge is 0.138 e. The third-order valence-electron chi connectivity index (χ3n) is 4.23. The maximum atomic E-state index is 12.3. The van der Waals surface area contributed by atoms with Gasteiger partial charge in [-0.2, -0.15) is 0 Å². The zero-order chi connectivity index (χ0) is 17.2. The number of anilines is 1. The molecule has 5 heteroatoms. The molecule has 0 bridgehead atoms. The van der Waals surface area contributed by atoms with E-state index >= 15 is 0 Å². The minimum atomic E-state index is -0.499. The number of aromatic nitrogens is 2. The molecule has 0 unspecified atom stereocenters. The van der Waals surface area contributed by atoms with E-state index in [0.29, 0.717) is 5.75 Å². The van der Waals surface area contributed by atoms with Crippen molar-refractivity contribution in [2.45, 2.75) is 0 Å². The number of alkyl halides is 1. The molecule has 0 saturated heterocycles. The van der Waals surface area contributed by atoms with Crippen LogP contribution in [-0.4, -0.2) is 29.7 Å². The van der Waals surface area contributed by atoms with E-state index in [1.807, 2.05) is 35.8 Å². The minimum absolute atomic E-state index is 0.0645. The lowest BCUT2D eigenvalue weighted by Crippen LogP contribution is -1.98. The molecule has 4 aromatic rings. The van der Waals surface area contributed by atoms with Crippen LogP contribution in [0.15, 0.2) is 60.8 Å². The van der Waals surface area contributed by atoms with Gasteiger partial charge in [-0.15, -0.1) is 0 Å². The number of nitrogens with one attached hydrogen (secondary N) is 1. The summed E-state index contributed by atoms with van der Waals surface area (Å²) in [5.74, 6) is 0.652. The minimum Gasteiger partial charge on any atom is -0.491 e. The SMILES string of the molecule is CNc1ccc(-c2ccn3c(c2)nc2ccc(OCCF)cc23)cc1. The summed E-state index contributed by atoms with van der Waals surface area (Å²) >= 11 is 0. The number of halogens is 1. The normalized spacial score (nSPS) is 11.1. The molecule has 126 valence electrons. The Morgan fingerprint density at radius 3 is 2.64 bits per heavy atom. The molecule has 0 fully saturated rings. The van der Waals surface area contributed by atoms with Gasteiger partial charge in [0, 0.05) is 25.0 Å². The third kappa shape index (κ3) is 2.89. The summed E-state index contributed by atoms with van der Waals surface area (Å²) < 4.78 is 19.7. The number of hydrogen-bond donors (Lipinski definition) is 1. The maximum Gasteiger partial charge on any atom is 0.138 e. The Bertz CT molecular complexity index is 1020. The molecule has 0 amide bonds. The van der Waals surface area contributed by atoms with Crippen molar-refractivity contribution in [1.82, 2.24) is 9.38 Å². The van der Waals surface area contributed by atoms with Crippen LogP contribution in [0.3, 0.4) is 0 Å². The van der Waals surface area contributed by atoms with E-state index in [1.54, 1.807) is 0 Å². The highest BCUT2D eigenvalue weighted by molar-refractivity contribution is 5.83. The first-order valence-corrected chi connectivity index (χ1v) is 8.17. The second kappa shape index (κ2) is 6.43. The second-order valence-electron chi connectivity index (χ2n) is 5.77. The summed E-state index contributed by atoms with van der Waals surface area (Å²) in [6.45, 7) is -0.435. The van der Waals surface area contributed by atoms with Crippen LogP contribution in [0, 0.1) is 0 Å². The lowest BCUT2D eigenvalue weighted by molar-refractivity contribution is 0.273. The number of rotatable bonds is 5. The predicted molar refractivity (Wildman–Crippen MR) is 99.2 cm³/mol. The average Bonchev–Trinajstić information content (AvgIpc) is 3.03. The Kier molecular flexibility index (Phi) is 3.98. The quantitative estimate of drug-likeness (QED) is 0.582. The van der Waals surface area contributed by atoms with Crippen molar-refractivity contribution in [2.24, 2.45) is 0 Å². The topological polar surface area (TPSA) is 38.6 Å². The summed E-state index contributed by atoms with van der Waals surface area (Å²) in [6.07, 6.45) is 2.00. The Morgan fingerprint density at radius 1 is 1.04 bits per heavy atom. The molecule has 0 radical (unpaired) electrons. The van der Waals surface area contributed by atoms with Crippen LogP contribution in [0.4, 0.5) is 10.1 Å². The Hall–Kier alpha value is -3.08. The van der Waals surface area contributed by atoms with Crippen LogP contribution in [0.5, 0.6) is 5.75 Å². The van der Waals surface area contributed by atoms with Crippen molar-refractivity contribution in [3.05, 3.63) is 60.8 Å². The van der Waals surface area contributed by atoms with Gasteiger partial charge < -0.3 is 10.1 Å². The zero-order valence-corrected chi connectivity index (χ0v) is 13.9. The van der Waals surface area contributed by atoms with E-state index in [9.17, 15) is 4.39 Å². The molecule has 2 aromatic carbocycles. The molecule has 4 rings (SSSR count). The van der Waals surface area contributed by atoms with Crippen LogP contribution < -0.4 is 10.1 Å². The Labute approximate surface area is 144 Å². The van der Waals surface area contributed by atoms with Gasteiger partial charge in [0.25, 0.3) is 0 Å². The molecular formula is C20H18FN3O. The zero-order valence-electron chi connectivity index (χ0n) is 13.9. The molecule has 25 heavy (non-hydrogen) atoms. The van der Waals surface area contributed by atoms with Gasteiger partial charge in [0.1, 0.15) is 24.7 Å². The van der Waals surface area contributed by atoms with Gasteiger partial charge in [0.05, 0.1) is 11.0 Å². The molecule has 0 saturated carbocycles. The van der Waals surface area contributed by atoms with Gasteiger partial charge in [-0.05, 0) is 47.5 Å². The monoisotopic (exact) mass is 335 g/mol. The van der Waals surface area contributed by atoms with Crippen molar-refractivity contribution in [2.75, 3.05) is 25.6 Å².